The Bertz CT molecular complexity index is 639. The molecule has 22 heavy (non-hydrogen) atoms. The number of halogens is 1. The second-order valence-corrected chi connectivity index (χ2v) is 4.58. The summed E-state index contributed by atoms with van der Waals surface area (Å²) in [6, 6.07) is 7.81. The van der Waals surface area contributed by atoms with Gasteiger partial charge in [0.1, 0.15) is 12.8 Å². The zero-order chi connectivity index (χ0) is 15.2. The van der Waals surface area contributed by atoms with Crippen LogP contribution >= 0.6 is 0 Å². The highest BCUT2D eigenvalue weighted by Crippen LogP contribution is 2.35. The molecular weight excluding hydrogens is 393 g/mol. The fourth-order valence-corrected chi connectivity index (χ4v) is 1.99. The summed E-state index contributed by atoms with van der Waals surface area (Å²) in [5, 5.41) is 0. The van der Waals surface area contributed by atoms with Crippen molar-refractivity contribution >= 4 is 12.2 Å². The van der Waals surface area contributed by atoms with Gasteiger partial charge in [-0.1, -0.05) is 12.2 Å². The number of ether oxygens (including phenoxy) is 3. The number of benzene rings is 1. The molecule has 0 radical (unpaired) electrons. The minimum Gasteiger partial charge on any atom is -1.00 e. The maximum absolute atomic E-state index is 5.40. The van der Waals surface area contributed by atoms with Gasteiger partial charge in [-0.3, -0.25) is 0 Å². The third kappa shape index (κ3) is 4.37. The number of aryl methyl sites for hydroxylation is 1. The smallest absolute Gasteiger partial charge is 0.169 e. The molecule has 1 aromatic heterocycles. The summed E-state index contributed by atoms with van der Waals surface area (Å²) in [6.07, 6.45) is 8.04. The van der Waals surface area contributed by atoms with E-state index in [0.29, 0.717) is 11.5 Å². The number of hydrogen-bond acceptors (Lipinski definition) is 3. The van der Waals surface area contributed by atoms with E-state index in [1.54, 1.807) is 21.3 Å². The van der Waals surface area contributed by atoms with Gasteiger partial charge in [-0.2, -0.15) is 0 Å². The van der Waals surface area contributed by atoms with Crippen molar-refractivity contribution in [2.24, 2.45) is 7.05 Å². The number of pyridine rings is 1. The Morgan fingerprint density at radius 1 is 0.818 bits per heavy atom. The van der Waals surface area contributed by atoms with E-state index in [4.69, 9.17) is 14.2 Å². The zero-order valence-corrected chi connectivity index (χ0v) is 15.3. The van der Waals surface area contributed by atoms with Gasteiger partial charge in [0.25, 0.3) is 0 Å². The molecule has 0 amide bonds. The molecule has 4 nitrogen and oxygen atoms in total. The predicted molar refractivity (Wildman–Crippen MR) is 82.6 cm³/mol. The molecule has 0 N–H and O–H groups in total. The average Bonchev–Trinajstić information content (AvgIpc) is 2.53. The first-order valence-corrected chi connectivity index (χ1v) is 6.61. The normalized spacial score (nSPS) is 10.2. The minimum absolute atomic E-state index is 0. The Hall–Kier alpha value is -1.76. The van der Waals surface area contributed by atoms with E-state index >= 15 is 0 Å². The Kier molecular flexibility index (Phi) is 7.17. The van der Waals surface area contributed by atoms with Gasteiger partial charge < -0.3 is 38.2 Å². The first kappa shape index (κ1) is 18.3. The Labute approximate surface area is 148 Å². The van der Waals surface area contributed by atoms with Crippen LogP contribution < -0.4 is 42.8 Å². The summed E-state index contributed by atoms with van der Waals surface area (Å²) in [5.41, 5.74) is 2.05. The van der Waals surface area contributed by atoms with Crippen molar-refractivity contribution in [3.63, 3.8) is 0 Å². The van der Waals surface area contributed by atoms with Crippen molar-refractivity contribution < 1.29 is 42.8 Å². The lowest BCUT2D eigenvalue weighted by Gasteiger charge is -2.12. The number of hydrogen-bond donors (Lipinski definition) is 0. The maximum atomic E-state index is 5.40. The van der Waals surface area contributed by atoms with Gasteiger partial charge in [0.2, 0.25) is 0 Å². The van der Waals surface area contributed by atoms with Crippen LogP contribution in [0.3, 0.4) is 0 Å². The number of nitrogens with zero attached hydrogens (tertiary/aromatic N) is 1. The van der Waals surface area contributed by atoms with E-state index in [9.17, 15) is 0 Å². The molecule has 0 aliphatic carbocycles. The fraction of sp³-hybridized carbons (Fsp3) is 0.235. The van der Waals surface area contributed by atoms with Crippen molar-refractivity contribution in [1.29, 1.82) is 0 Å². The molecule has 0 bridgehead atoms. The molecule has 0 saturated carbocycles. The van der Waals surface area contributed by atoms with Gasteiger partial charge in [0, 0.05) is 23.8 Å². The van der Waals surface area contributed by atoms with Crippen molar-refractivity contribution in [2.75, 3.05) is 21.3 Å². The quantitative estimate of drug-likeness (QED) is 0.499. The van der Waals surface area contributed by atoms with Crippen molar-refractivity contribution in [1.82, 2.24) is 0 Å². The molecule has 118 valence electrons. The Balaban J connectivity index is 0.00000242. The number of rotatable bonds is 5. The van der Waals surface area contributed by atoms with E-state index < -0.39 is 0 Å². The molecule has 0 unspecified atom stereocenters. The van der Waals surface area contributed by atoms with Crippen LogP contribution in [0.15, 0.2) is 36.7 Å². The van der Waals surface area contributed by atoms with Gasteiger partial charge in [-0.15, -0.1) is 0 Å². The van der Waals surface area contributed by atoms with Crippen LogP contribution in [-0.4, -0.2) is 21.3 Å². The third-order valence-corrected chi connectivity index (χ3v) is 3.20. The molecule has 1 aromatic carbocycles. The van der Waals surface area contributed by atoms with Gasteiger partial charge in [0.15, 0.2) is 23.9 Å². The summed E-state index contributed by atoms with van der Waals surface area (Å²) < 4.78 is 18.0. The highest BCUT2D eigenvalue weighted by molar-refractivity contribution is 5.74. The topological polar surface area (TPSA) is 31.6 Å². The number of methoxy groups -OCH3 is 3. The van der Waals surface area contributed by atoms with Crippen molar-refractivity contribution in [3.05, 3.63) is 47.8 Å². The minimum atomic E-state index is 0. The summed E-state index contributed by atoms with van der Waals surface area (Å²) >= 11 is 0. The highest BCUT2D eigenvalue weighted by Gasteiger charge is 2.09. The molecule has 0 spiro atoms. The lowest BCUT2D eigenvalue weighted by atomic mass is 10.1. The molecule has 5 heteroatoms. The molecule has 0 aliphatic rings. The van der Waals surface area contributed by atoms with Crippen LogP contribution in [0.4, 0.5) is 0 Å². The van der Waals surface area contributed by atoms with E-state index in [1.165, 1.54) is 0 Å². The standard InChI is InChI=1S/C17H20NO3.HI/c1-18-9-7-13(8-10-18)5-6-14-11-16(20-3)17(21-4)12-15(14)19-2;/h5-12H,1-4H3;1H/q+1;/p-1/b6-5+;. The molecule has 0 aliphatic heterocycles. The van der Waals surface area contributed by atoms with Gasteiger partial charge in [-0.25, -0.2) is 4.57 Å². The highest BCUT2D eigenvalue weighted by atomic mass is 127. The first-order chi connectivity index (χ1) is 10.2. The average molecular weight is 413 g/mol. The van der Waals surface area contributed by atoms with Crippen LogP contribution in [0.1, 0.15) is 11.1 Å². The number of aromatic nitrogens is 1. The van der Waals surface area contributed by atoms with Crippen LogP contribution in [-0.2, 0) is 7.05 Å². The molecule has 0 saturated heterocycles. The molecule has 2 aromatic rings. The van der Waals surface area contributed by atoms with E-state index in [2.05, 4.69) is 0 Å². The lowest BCUT2D eigenvalue weighted by Crippen LogP contribution is -3.00. The van der Waals surface area contributed by atoms with Crippen LogP contribution in [0.5, 0.6) is 17.2 Å². The first-order valence-electron chi connectivity index (χ1n) is 6.61. The molecule has 0 fully saturated rings. The monoisotopic (exact) mass is 413 g/mol. The third-order valence-electron chi connectivity index (χ3n) is 3.20. The molecule has 1 heterocycles. The van der Waals surface area contributed by atoms with Gasteiger partial charge in [-0.05, 0) is 11.6 Å². The summed E-state index contributed by atoms with van der Waals surface area (Å²) in [5.74, 6) is 2.07. The van der Waals surface area contributed by atoms with Gasteiger partial charge in [0.05, 0.1) is 21.3 Å². The van der Waals surface area contributed by atoms with E-state index in [-0.39, 0.29) is 24.0 Å². The second kappa shape index (κ2) is 8.63. The Morgan fingerprint density at radius 2 is 1.36 bits per heavy atom. The molecular formula is C17H20INO3. The maximum Gasteiger partial charge on any atom is 0.169 e. The van der Waals surface area contributed by atoms with E-state index in [0.717, 1.165) is 16.9 Å². The SMILES string of the molecule is COc1cc(OC)c(OC)cc1/C=C/c1cc[n+](C)cc1.[I-]. The van der Waals surface area contributed by atoms with Gasteiger partial charge >= 0.3 is 0 Å². The zero-order valence-electron chi connectivity index (χ0n) is 13.2. The predicted octanol–water partition coefficient (Wildman–Crippen LogP) is -0.289. The largest absolute Gasteiger partial charge is 1.00 e. The van der Waals surface area contributed by atoms with Crippen molar-refractivity contribution in [3.8, 4) is 17.2 Å². The second-order valence-electron chi connectivity index (χ2n) is 4.58. The van der Waals surface area contributed by atoms with Crippen molar-refractivity contribution in [2.45, 2.75) is 0 Å². The van der Waals surface area contributed by atoms with Crippen LogP contribution in [0.2, 0.25) is 0 Å². The fourth-order valence-electron chi connectivity index (χ4n) is 1.99. The summed E-state index contributed by atoms with van der Waals surface area (Å²) in [4.78, 5) is 0. The molecule has 0 atom stereocenters. The van der Waals surface area contributed by atoms with Crippen LogP contribution in [0.25, 0.3) is 12.2 Å². The lowest BCUT2D eigenvalue weighted by molar-refractivity contribution is -0.671. The van der Waals surface area contributed by atoms with E-state index in [1.807, 2.05) is 60.4 Å². The Morgan fingerprint density at radius 3 is 1.91 bits per heavy atom. The summed E-state index contributed by atoms with van der Waals surface area (Å²) in [7, 11) is 6.86. The molecule has 2 rings (SSSR count). The van der Waals surface area contributed by atoms with Crippen LogP contribution in [0, 0.1) is 0 Å². The summed E-state index contributed by atoms with van der Waals surface area (Å²) in [6.45, 7) is 0.